The topological polar surface area (TPSA) is 80.4 Å². The lowest BCUT2D eigenvalue weighted by Gasteiger charge is -2.31. The number of nitrogens with two attached hydrogens (primary N) is 1. The number of benzene rings is 2. The van der Waals surface area contributed by atoms with Crippen LogP contribution >= 0.6 is 22.9 Å². The molecule has 0 unspecified atom stereocenters. The first kappa shape index (κ1) is 26.1. The highest BCUT2D eigenvalue weighted by Crippen LogP contribution is 2.43. The van der Waals surface area contributed by atoms with E-state index in [0.717, 1.165) is 88.9 Å². The SMILES string of the molecule is Nc1nc2c(-c3c(Cl)cc4c(N5CCCCCC5)nc(OCC56CCCN5CCC6)nc4c3F)ccc(F)c2s1. The van der Waals surface area contributed by atoms with Gasteiger partial charge in [0.25, 0.3) is 0 Å². The number of hydrogen-bond donors (Lipinski definition) is 1. The standard InChI is InChI=1S/C29H31ClF2N6OS/c30-19-15-18-23(22(32)21(19)17-7-8-20(31)25-24(17)34-27(33)40-25)35-28(36-26(18)37-11-3-1-2-4-12-37)39-16-29-9-5-13-38(29)14-6-10-29/h7-8,15H,1-6,9-14,16H2,(H2,33,34). The smallest absolute Gasteiger partial charge is 0.319 e. The maximum atomic E-state index is 16.6. The maximum absolute atomic E-state index is 16.6. The van der Waals surface area contributed by atoms with Crippen molar-refractivity contribution in [1.29, 1.82) is 0 Å². The van der Waals surface area contributed by atoms with Crippen molar-refractivity contribution in [3.8, 4) is 17.1 Å². The van der Waals surface area contributed by atoms with E-state index < -0.39 is 11.6 Å². The van der Waals surface area contributed by atoms with Crippen molar-refractivity contribution in [3.63, 3.8) is 0 Å². The van der Waals surface area contributed by atoms with E-state index in [2.05, 4.69) is 19.8 Å². The molecule has 3 aliphatic rings. The molecule has 0 amide bonds. The molecule has 5 heterocycles. The van der Waals surface area contributed by atoms with Gasteiger partial charge >= 0.3 is 6.01 Å². The second kappa shape index (κ2) is 10.2. The van der Waals surface area contributed by atoms with Gasteiger partial charge in [-0.05, 0) is 69.8 Å². The number of halogens is 3. The number of nitrogen functional groups attached to an aromatic ring is 1. The molecule has 210 valence electrons. The first-order valence-electron chi connectivity index (χ1n) is 14.1. The fourth-order valence-corrected chi connectivity index (χ4v) is 7.91. The summed E-state index contributed by atoms with van der Waals surface area (Å²) in [7, 11) is 0. The molecule has 0 radical (unpaired) electrons. The lowest BCUT2D eigenvalue weighted by atomic mass is 9.95. The molecule has 3 fully saturated rings. The number of ether oxygens (including phenoxy) is 1. The minimum absolute atomic E-state index is 0.00898. The third kappa shape index (κ3) is 4.35. The van der Waals surface area contributed by atoms with Crippen LogP contribution in [0.3, 0.4) is 0 Å². The molecule has 4 aromatic rings. The van der Waals surface area contributed by atoms with E-state index >= 15 is 4.39 Å². The van der Waals surface area contributed by atoms with E-state index in [0.29, 0.717) is 23.4 Å². The average Bonchev–Trinajstić information content (AvgIpc) is 3.57. The Kier molecular flexibility index (Phi) is 6.67. The Morgan fingerprint density at radius 2 is 1.70 bits per heavy atom. The molecule has 7 rings (SSSR count). The summed E-state index contributed by atoms with van der Waals surface area (Å²) in [5.41, 5.74) is 6.81. The molecule has 2 N–H and O–H groups in total. The van der Waals surface area contributed by atoms with Gasteiger partial charge in [0.05, 0.1) is 20.8 Å². The van der Waals surface area contributed by atoms with Gasteiger partial charge in [-0.3, -0.25) is 4.90 Å². The number of hydrogen-bond acceptors (Lipinski definition) is 8. The van der Waals surface area contributed by atoms with Crippen molar-refractivity contribution in [1.82, 2.24) is 19.9 Å². The number of nitrogens with zero attached hydrogens (tertiary/aromatic N) is 5. The first-order chi connectivity index (χ1) is 19.4. The van der Waals surface area contributed by atoms with Crippen molar-refractivity contribution >= 4 is 55.0 Å². The Balaban J connectivity index is 1.37. The van der Waals surface area contributed by atoms with E-state index in [-0.39, 0.29) is 43.0 Å². The van der Waals surface area contributed by atoms with Gasteiger partial charge in [0.2, 0.25) is 0 Å². The molecule has 0 bridgehead atoms. The number of aromatic nitrogens is 3. The lowest BCUT2D eigenvalue weighted by molar-refractivity contribution is 0.108. The summed E-state index contributed by atoms with van der Waals surface area (Å²) in [5, 5.41) is 0.926. The molecule has 0 aliphatic carbocycles. The Hall–Kier alpha value is -2.82. The Morgan fingerprint density at radius 1 is 0.950 bits per heavy atom. The van der Waals surface area contributed by atoms with Crippen molar-refractivity contribution in [2.24, 2.45) is 0 Å². The number of fused-ring (bicyclic) bond motifs is 3. The van der Waals surface area contributed by atoms with Crippen LogP contribution in [0.4, 0.5) is 19.7 Å². The van der Waals surface area contributed by atoms with Crippen molar-refractivity contribution < 1.29 is 13.5 Å². The minimum Gasteiger partial charge on any atom is -0.461 e. The summed E-state index contributed by atoms with van der Waals surface area (Å²) in [5.74, 6) is -0.422. The lowest BCUT2D eigenvalue weighted by Crippen LogP contribution is -2.43. The molecule has 0 saturated carbocycles. The largest absolute Gasteiger partial charge is 0.461 e. The molecular weight excluding hydrogens is 554 g/mol. The van der Waals surface area contributed by atoms with Crippen LogP contribution in [0.5, 0.6) is 6.01 Å². The van der Waals surface area contributed by atoms with Gasteiger partial charge in [-0.2, -0.15) is 9.97 Å². The number of anilines is 2. The second-order valence-corrected chi connectivity index (χ2v) is 12.6. The maximum Gasteiger partial charge on any atom is 0.319 e. The quantitative estimate of drug-likeness (QED) is 0.276. The van der Waals surface area contributed by atoms with Gasteiger partial charge in [-0.1, -0.05) is 35.8 Å². The van der Waals surface area contributed by atoms with Crippen molar-refractivity contribution in [3.05, 3.63) is 34.9 Å². The Labute approximate surface area is 240 Å². The highest BCUT2D eigenvalue weighted by Gasteiger charge is 2.45. The molecule has 11 heteroatoms. The van der Waals surface area contributed by atoms with Crippen LogP contribution in [-0.2, 0) is 0 Å². The van der Waals surface area contributed by atoms with E-state index in [1.54, 1.807) is 6.07 Å². The van der Waals surface area contributed by atoms with Gasteiger partial charge in [0.15, 0.2) is 10.9 Å². The molecule has 2 aromatic heterocycles. The van der Waals surface area contributed by atoms with Crippen LogP contribution in [-0.4, -0.2) is 58.2 Å². The Bertz CT molecular complexity index is 1600. The molecule has 7 nitrogen and oxygen atoms in total. The summed E-state index contributed by atoms with van der Waals surface area (Å²) in [6.45, 7) is 4.30. The Morgan fingerprint density at radius 3 is 2.45 bits per heavy atom. The molecule has 2 aromatic carbocycles. The van der Waals surface area contributed by atoms with Gasteiger partial charge in [0.1, 0.15) is 23.8 Å². The highest BCUT2D eigenvalue weighted by molar-refractivity contribution is 7.22. The predicted molar refractivity (Wildman–Crippen MR) is 156 cm³/mol. The monoisotopic (exact) mass is 584 g/mol. The molecule has 3 saturated heterocycles. The van der Waals surface area contributed by atoms with Gasteiger partial charge in [-0.15, -0.1) is 0 Å². The zero-order chi connectivity index (χ0) is 27.4. The molecular formula is C29H31ClF2N6OS. The highest BCUT2D eigenvalue weighted by atomic mass is 35.5. The van der Waals surface area contributed by atoms with Crippen LogP contribution in [0.2, 0.25) is 5.02 Å². The second-order valence-electron chi connectivity index (χ2n) is 11.2. The molecule has 40 heavy (non-hydrogen) atoms. The minimum atomic E-state index is -0.605. The predicted octanol–water partition coefficient (Wildman–Crippen LogP) is 6.81. The van der Waals surface area contributed by atoms with Crippen LogP contribution in [0.15, 0.2) is 18.2 Å². The number of rotatable bonds is 5. The van der Waals surface area contributed by atoms with Gasteiger partial charge in [-0.25, -0.2) is 13.8 Å². The zero-order valence-electron chi connectivity index (χ0n) is 22.2. The van der Waals surface area contributed by atoms with Crippen LogP contribution in [0.1, 0.15) is 51.4 Å². The third-order valence-electron chi connectivity index (χ3n) is 8.81. The first-order valence-corrected chi connectivity index (χ1v) is 15.3. The van der Waals surface area contributed by atoms with Crippen molar-refractivity contribution in [2.75, 3.05) is 43.4 Å². The molecule has 0 spiro atoms. The summed E-state index contributed by atoms with van der Waals surface area (Å²) >= 11 is 7.80. The van der Waals surface area contributed by atoms with Crippen LogP contribution in [0.25, 0.3) is 32.2 Å². The van der Waals surface area contributed by atoms with E-state index in [9.17, 15) is 4.39 Å². The summed E-state index contributed by atoms with van der Waals surface area (Å²) < 4.78 is 37.7. The van der Waals surface area contributed by atoms with E-state index in [1.807, 2.05) is 0 Å². The van der Waals surface area contributed by atoms with E-state index in [4.69, 9.17) is 27.1 Å². The van der Waals surface area contributed by atoms with Gasteiger partial charge < -0.3 is 15.4 Å². The van der Waals surface area contributed by atoms with Crippen LogP contribution in [0, 0.1) is 11.6 Å². The van der Waals surface area contributed by atoms with Crippen molar-refractivity contribution in [2.45, 2.75) is 56.9 Å². The zero-order valence-corrected chi connectivity index (χ0v) is 23.8. The van der Waals surface area contributed by atoms with Crippen LogP contribution < -0.4 is 15.4 Å². The fourth-order valence-electron chi connectivity index (χ4n) is 6.85. The summed E-state index contributed by atoms with van der Waals surface area (Å²) in [4.78, 5) is 18.5. The normalized spacial score (nSPS) is 19.4. The van der Waals surface area contributed by atoms with E-state index in [1.165, 1.54) is 12.1 Å². The summed E-state index contributed by atoms with van der Waals surface area (Å²) in [6.07, 6.45) is 8.86. The van der Waals surface area contributed by atoms with Gasteiger partial charge in [0, 0.05) is 29.6 Å². The third-order valence-corrected chi connectivity index (χ3v) is 10.0. The fraction of sp³-hybridized carbons (Fsp3) is 0.483. The average molecular weight is 585 g/mol. The molecule has 3 aliphatic heterocycles. The summed E-state index contributed by atoms with van der Waals surface area (Å²) in [6, 6.07) is 4.68. The molecule has 0 atom stereocenters. The number of thiazole rings is 1.